The van der Waals surface area contributed by atoms with Gasteiger partial charge in [-0.15, -0.1) is 0 Å². The Hall–Kier alpha value is -2.03. The van der Waals surface area contributed by atoms with Crippen LogP contribution in [0.25, 0.3) is 0 Å². The molecule has 134 valence electrons. The molecule has 1 aliphatic heterocycles. The van der Waals surface area contributed by atoms with E-state index >= 15 is 0 Å². The molecule has 1 atom stereocenters. The van der Waals surface area contributed by atoms with Gasteiger partial charge in [-0.2, -0.15) is 4.31 Å². The van der Waals surface area contributed by atoms with Crippen molar-refractivity contribution in [3.8, 4) is 5.75 Å². The maximum absolute atomic E-state index is 13.5. The summed E-state index contributed by atoms with van der Waals surface area (Å²) in [7, 11) is -2.56. The summed E-state index contributed by atoms with van der Waals surface area (Å²) in [5, 5.41) is 3.15. The van der Waals surface area contributed by atoms with Gasteiger partial charge in [-0.05, 0) is 18.2 Å². The van der Waals surface area contributed by atoms with Crippen LogP contribution < -0.4 is 10.1 Å². The highest BCUT2D eigenvalue weighted by molar-refractivity contribution is 7.89. The van der Waals surface area contributed by atoms with Gasteiger partial charge in [-0.1, -0.05) is 18.2 Å². The molecule has 2 aromatic rings. The molecule has 1 fully saturated rings. The van der Waals surface area contributed by atoms with E-state index in [0.29, 0.717) is 30.5 Å². The Morgan fingerprint density at radius 1 is 1.16 bits per heavy atom. The zero-order chi connectivity index (χ0) is 18.0. The molecule has 1 unspecified atom stereocenters. The van der Waals surface area contributed by atoms with Gasteiger partial charge in [-0.25, -0.2) is 17.2 Å². The monoisotopic (exact) mass is 368 g/mol. The van der Waals surface area contributed by atoms with E-state index in [-0.39, 0.29) is 6.54 Å². The molecular formula is C17H18F2N2O3S. The first-order valence-electron chi connectivity index (χ1n) is 7.75. The molecule has 0 aliphatic carbocycles. The fourth-order valence-electron chi connectivity index (χ4n) is 2.99. The first-order valence-corrected chi connectivity index (χ1v) is 9.19. The molecule has 0 amide bonds. The van der Waals surface area contributed by atoms with Crippen LogP contribution in [0.2, 0.25) is 0 Å². The SMILES string of the molecule is COc1ccccc1C1CNCCN1S(=O)(=O)c1cc(F)cc(F)c1. The Kier molecular flexibility index (Phi) is 5.03. The van der Waals surface area contributed by atoms with E-state index in [4.69, 9.17) is 4.74 Å². The van der Waals surface area contributed by atoms with Gasteiger partial charge in [-0.3, -0.25) is 0 Å². The van der Waals surface area contributed by atoms with Gasteiger partial charge in [0.2, 0.25) is 10.0 Å². The number of piperazine rings is 1. The molecule has 3 rings (SSSR count). The number of sulfonamides is 1. The van der Waals surface area contributed by atoms with Crippen LogP contribution in [0.3, 0.4) is 0 Å². The van der Waals surface area contributed by atoms with Crippen LogP contribution in [0.5, 0.6) is 5.75 Å². The van der Waals surface area contributed by atoms with Crippen molar-refractivity contribution < 1.29 is 21.9 Å². The summed E-state index contributed by atoms with van der Waals surface area (Å²) in [6.07, 6.45) is 0. The second kappa shape index (κ2) is 7.07. The van der Waals surface area contributed by atoms with Gasteiger partial charge < -0.3 is 10.1 Å². The van der Waals surface area contributed by atoms with E-state index in [1.165, 1.54) is 11.4 Å². The van der Waals surface area contributed by atoms with Gasteiger partial charge in [0.25, 0.3) is 0 Å². The number of methoxy groups -OCH3 is 1. The minimum absolute atomic E-state index is 0.184. The third-order valence-electron chi connectivity index (χ3n) is 4.13. The number of para-hydroxylation sites is 1. The van der Waals surface area contributed by atoms with E-state index < -0.39 is 32.6 Å². The standard InChI is InChI=1S/C17H18F2N2O3S/c1-24-17-5-3-2-4-15(17)16-11-20-6-7-21(16)25(22,23)14-9-12(18)8-13(19)10-14/h2-5,8-10,16,20H,6-7,11H2,1H3. The number of nitrogens with one attached hydrogen (secondary N) is 1. The smallest absolute Gasteiger partial charge is 0.243 e. The summed E-state index contributed by atoms with van der Waals surface area (Å²) < 4.78 is 59.6. The highest BCUT2D eigenvalue weighted by Gasteiger charge is 2.36. The minimum atomic E-state index is -4.07. The van der Waals surface area contributed by atoms with E-state index in [9.17, 15) is 17.2 Å². The number of benzene rings is 2. The van der Waals surface area contributed by atoms with E-state index in [1.807, 2.05) is 0 Å². The third-order valence-corrected chi connectivity index (χ3v) is 6.02. The Morgan fingerprint density at radius 2 is 1.84 bits per heavy atom. The van der Waals surface area contributed by atoms with Crippen LogP contribution in [-0.2, 0) is 10.0 Å². The van der Waals surface area contributed by atoms with Crippen LogP contribution >= 0.6 is 0 Å². The number of nitrogens with zero attached hydrogens (tertiary/aromatic N) is 1. The number of hydrogen-bond acceptors (Lipinski definition) is 4. The quantitative estimate of drug-likeness (QED) is 0.900. The fourth-order valence-corrected chi connectivity index (χ4v) is 4.64. The highest BCUT2D eigenvalue weighted by Crippen LogP contribution is 2.34. The molecule has 0 bridgehead atoms. The number of rotatable bonds is 4. The van der Waals surface area contributed by atoms with Crippen molar-refractivity contribution >= 4 is 10.0 Å². The zero-order valence-electron chi connectivity index (χ0n) is 13.6. The molecule has 0 spiro atoms. The maximum Gasteiger partial charge on any atom is 0.243 e. The normalized spacial score (nSPS) is 18.9. The lowest BCUT2D eigenvalue weighted by atomic mass is 10.0. The molecule has 1 N–H and O–H groups in total. The van der Waals surface area contributed by atoms with Gasteiger partial charge in [0.15, 0.2) is 0 Å². The number of halogens is 2. The summed E-state index contributed by atoms with van der Waals surface area (Å²) in [4.78, 5) is -0.396. The summed E-state index contributed by atoms with van der Waals surface area (Å²) >= 11 is 0. The average molecular weight is 368 g/mol. The first kappa shape index (κ1) is 17.8. The van der Waals surface area contributed by atoms with Crippen molar-refractivity contribution in [3.63, 3.8) is 0 Å². The van der Waals surface area contributed by atoms with Gasteiger partial charge in [0, 0.05) is 31.3 Å². The average Bonchev–Trinajstić information content (AvgIpc) is 2.61. The van der Waals surface area contributed by atoms with Crippen LogP contribution in [0.1, 0.15) is 11.6 Å². The van der Waals surface area contributed by atoms with Gasteiger partial charge >= 0.3 is 0 Å². The molecule has 25 heavy (non-hydrogen) atoms. The number of hydrogen-bond donors (Lipinski definition) is 1. The maximum atomic E-state index is 13.5. The summed E-state index contributed by atoms with van der Waals surface area (Å²) in [5.74, 6) is -1.30. The molecule has 0 radical (unpaired) electrons. The molecule has 1 heterocycles. The summed E-state index contributed by atoms with van der Waals surface area (Å²) in [5.41, 5.74) is 0.692. The molecule has 0 aromatic heterocycles. The predicted octanol–water partition coefficient (Wildman–Crippen LogP) is 2.31. The Bertz CT molecular complexity index is 854. The second-order valence-corrected chi connectivity index (χ2v) is 7.57. The molecule has 5 nitrogen and oxygen atoms in total. The minimum Gasteiger partial charge on any atom is -0.496 e. The van der Waals surface area contributed by atoms with Crippen LogP contribution in [0.4, 0.5) is 8.78 Å². The predicted molar refractivity (Wildman–Crippen MR) is 88.9 cm³/mol. The lowest BCUT2D eigenvalue weighted by Gasteiger charge is -2.36. The molecule has 1 saturated heterocycles. The molecule has 8 heteroatoms. The van der Waals surface area contributed by atoms with Crippen LogP contribution in [-0.4, -0.2) is 39.5 Å². The lowest BCUT2D eigenvalue weighted by molar-refractivity contribution is 0.264. The van der Waals surface area contributed by atoms with Crippen molar-refractivity contribution in [2.45, 2.75) is 10.9 Å². The number of ether oxygens (including phenoxy) is 1. The first-order chi connectivity index (χ1) is 11.9. The molecular weight excluding hydrogens is 350 g/mol. The van der Waals surface area contributed by atoms with Crippen molar-refractivity contribution in [2.75, 3.05) is 26.7 Å². The van der Waals surface area contributed by atoms with E-state index in [2.05, 4.69) is 5.32 Å². The Morgan fingerprint density at radius 3 is 2.52 bits per heavy atom. The van der Waals surface area contributed by atoms with E-state index in [1.54, 1.807) is 24.3 Å². The lowest BCUT2D eigenvalue weighted by Crippen LogP contribution is -2.48. The molecule has 2 aromatic carbocycles. The van der Waals surface area contributed by atoms with Crippen LogP contribution in [0, 0.1) is 11.6 Å². The van der Waals surface area contributed by atoms with Crippen molar-refractivity contribution in [2.24, 2.45) is 0 Å². The summed E-state index contributed by atoms with van der Waals surface area (Å²) in [6, 6.07) is 8.88. The van der Waals surface area contributed by atoms with Crippen LogP contribution in [0.15, 0.2) is 47.4 Å². The Balaban J connectivity index is 2.06. The summed E-state index contributed by atoms with van der Waals surface area (Å²) in [6.45, 7) is 1.00. The largest absolute Gasteiger partial charge is 0.496 e. The van der Waals surface area contributed by atoms with Crippen molar-refractivity contribution in [1.29, 1.82) is 0 Å². The van der Waals surface area contributed by atoms with Crippen molar-refractivity contribution in [1.82, 2.24) is 9.62 Å². The van der Waals surface area contributed by atoms with Crippen molar-refractivity contribution in [3.05, 3.63) is 59.7 Å². The second-order valence-electron chi connectivity index (χ2n) is 5.68. The molecule has 1 aliphatic rings. The van der Waals surface area contributed by atoms with E-state index in [0.717, 1.165) is 12.1 Å². The van der Waals surface area contributed by atoms with Gasteiger partial charge in [0.1, 0.15) is 17.4 Å². The molecule has 0 saturated carbocycles. The van der Waals surface area contributed by atoms with Gasteiger partial charge in [0.05, 0.1) is 18.0 Å². The topological polar surface area (TPSA) is 58.6 Å². The third kappa shape index (κ3) is 3.51. The Labute approximate surface area is 145 Å². The fraction of sp³-hybridized carbons (Fsp3) is 0.294. The zero-order valence-corrected chi connectivity index (χ0v) is 14.4. The highest BCUT2D eigenvalue weighted by atomic mass is 32.2.